The number of carboxylic acids is 1. The molecule has 0 saturated carbocycles. The fourth-order valence-electron chi connectivity index (χ4n) is 1.40. The minimum atomic E-state index is -1.20. The van der Waals surface area contributed by atoms with Crippen LogP contribution in [0.2, 0.25) is 0 Å². The highest BCUT2D eigenvalue weighted by Gasteiger charge is 2.25. The van der Waals surface area contributed by atoms with Gasteiger partial charge in [-0.05, 0) is 20.8 Å². The van der Waals surface area contributed by atoms with E-state index in [9.17, 15) is 9.59 Å². The molecule has 4 N–H and O–H groups in total. The van der Waals surface area contributed by atoms with Crippen molar-refractivity contribution in [1.82, 2.24) is 20.3 Å². The lowest BCUT2D eigenvalue weighted by molar-refractivity contribution is -0.139. The zero-order valence-electron chi connectivity index (χ0n) is 11.7. The van der Waals surface area contributed by atoms with Gasteiger partial charge in [-0.3, -0.25) is 0 Å². The maximum absolute atomic E-state index is 11.6. The summed E-state index contributed by atoms with van der Waals surface area (Å²) in [5.41, 5.74) is 5.34. The van der Waals surface area contributed by atoms with Gasteiger partial charge in [0.05, 0.1) is 18.4 Å². The van der Waals surface area contributed by atoms with Crippen LogP contribution >= 0.6 is 0 Å². The van der Waals surface area contributed by atoms with Gasteiger partial charge in [-0.2, -0.15) is 0 Å². The molecule has 20 heavy (non-hydrogen) atoms. The first kappa shape index (κ1) is 15.9. The third kappa shape index (κ3) is 4.84. The van der Waals surface area contributed by atoms with Crippen LogP contribution in [0.4, 0.5) is 4.79 Å². The lowest BCUT2D eigenvalue weighted by Gasteiger charge is -2.22. The van der Waals surface area contributed by atoms with E-state index in [0.29, 0.717) is 5.69 Å². The largest absolute Gasteiger partial charge is 0.480 e. The second-order valence-corrected chi connectivity index (χ2v) is 5.15. The fourth-order valence-corrected chi connectivity index (χ4v) is 1.40. The number of hydrogen-bond acceptors (Lipinski definition) is 6. The molecule has 9 heteroatoms. The van der Waals surface area contributed by atoms with Gasteiger partial charge in [0, 0.05) is 6.54 Å². The highest BCUT2D eigenvalue weighted by Crippen LogP contribution is 2.07. The summed E-state index contributed by atoms with van der Waals surface area (Å²) in [6, 6.07) is -1.18. The van der Waals surface area contributed by atoms with Gasteiger partial charge in [-0.25, -0.2) is 14.3 Å². The van der Waals surface area contributed by atoms with E-state index in [-0.39, 0.29) is 13.1 Å². The standard InChI is InChI=1S/C11H19N5O4/c1-11(2,3)20-10(19)14-8(9(17)18)6-16-7(4-12)5-13-15-16/h5,8H,4,6,12H2,1-3H3,(H,14,19)(H,17,18)/t8-/m0/s1. The van der Waals surface area contributed by atoms with Crippen molar-refractivity contribution in [1.29, 1.82) is 0 Å². The van der Waals surface area contributed by atoms with Crippen LogP contribution in [0, 0.1) is 0 Å². The molecule has 1 rings (SSSR count). The molecule has 0 saturated heterocycles. The first-order chi connectivity index (χ1) is 9.23. The molecule has 0 aliphatic carbocycles. The van der Waals surface area contributed by atoms with E-state index in [1.165, 1.54) is 10.9 Å². The van der Waals surface area contributed by atoms with Crippen LogP contribution in [-0.4, -0.2) is 43.8 Å². The lowest BCUT2D eigenvalue weighted by Crippen LogP contribution is -2.46. The Hall–Kier alpha value is -2.16. The number of rotatable bonds is 5. The molecule has 1 heterocycles. The number of nitrogens with one attached hydrogen (secondary N) is 1. The average Bonchev–Trinajstić information content (AvgIpc) is 2.72. The molecule has 0 bridgehead atoms. The first-order valence-corrected chi connectivity index (χ1v) is 6.02. The normalized spacial score (nSPS) is 12.8. The second kappa shape index (κ2) is 6.33. The molecule has 0 radical (unpaired) electrons. The van der Waals surface area contributed by atoms with Crippen LogP contribution in [0.15, 0.2) is 6.20 Å². The van der Waals surface area contributed by atoms with Crippen molar-refractivity contribution in [2.45, 2.75) is 45.5 Å². The Morgan fingerprint density at radius 3 is 2.70 bits per heavy atom. The average molecular weight is 285 g/mol. The van der Waals surface area contributed by atoms with Crippen molar-refractivity contribution in [3.8, 4) is 0 Å². The zero-order valence-corrected chi connectivity index (χ0v) is 11.7. The van der Waals surface area contributed by atoms with Gasteiger partial charge in [0.2, 0.25) is 0 Å². The summed E-state index contributed by atoms with van der Waals surface area (Å²) in [6.45, 7) is 5.15. The number of aromatic nitrogens is 3. The summed E-state index contributed by atoms with van der Waals surface area (Å²) in [7, 11) is 0. The van der Waals surface area contributed by atoms with Crippen molar-refractivity contribution in [2.75, 3.05) is 0 Å². The maximum Gasteiger partial charge on any atom is 0.408 e. The number of amides is 1. The predicted molar refractivity (Wildman–Crippen MR) is 68.7 cm³/mol. The highest BCUT2D eigenvalue weighted by molar-refractivity contribution is 5.79. The van der Waals surface area contributed by atoms with Gasteiger partial charge in [0.1, 0.15) is 11.6 Å². The van der Waals surface area contributed by atoms with Crippen molar-refractivity contribution in [3.63, 3.8) is 0 Å². The lowest BCUT2D eigenvalue weighted by atomic mass is 10.2. The summed E-state index contributed by atoms with van der Waals surface area (Å²) in [5.74, 6) is -1.20. The Morgan fingerprint density at radius 1 is 1.55 bits per heavy atom. The van der Waals surface area contributed by atoms with E-state index in [1.54, 1.807) is 20.8 Å². The third-order valence-corrected chi connectivity index (χ3v) is 2.25. The smallest absolute Gasteiger partial charge is 0.408 e. The van der Waals surface area contributed by atoms with Gasteiger partial charge >= 0.3 is 12.1 Å². The molecule has 1 aromatic rings. The molecule has 0 aliphatic rings. The number of alkyl carbamates (subject to hydrolysis) is 1. The minimum absolute atomic E-state index is 0.0822. The van der Waals surface area contributed by atoms with Crippen LogP contribution in [0.1, 0.15) is 26.5 Å². The van der Waals surface area contributed by atoms with Crippen LogP contribution in [0.5, 0.6) is 0 Å². The molecule has 112 valence electrons. The molecule has 0 aromatic carbocycles. The van der Waals surface area contributed by atoms with E-state index in [0.717, 1.165) is 0 Å². The van der Waals surface area contributed by atoms with Crippen LogP contribution in [0.25, 0.3) is 0 Å². The van der Waals surface area contributed by atoms with Crippen LogP contribution in [-0.2, 0) is 22.6 Å². The number of carbonyl (C=O) groups excluding carboxylic acids is 1. The Morgan fingerprint density at radius 2 is 2.20 bits per heavy atom. The maximum atomic E-state index is 11.6. The van der Waals surface area contributed by atoms with Gasteiger partial charge in [-0.1, -0.05) is 5.21 Å². The summed E-state index contributed by atoms with van der Waals surface area (Å²) in [4.78, 5) is 22.8. The quantitative estimate of drug-likeness (QED) is 0.677. The zero-order chi connectivity index (χ0) is 15.3. The molecule has 1 atom stereocenters. The first-order valence-electron chi connectivity index (χ1n) is 6.02. The number of nitrogens with zero attached hydrogens (tertiary/aromatic N) is 3. The van der Waals surface area contributed by atoms with Crippen LogP contribution < -0.4 is 11.1 Å². The predicted octanol–water partition coefficient (Wildman–Crippen LogP) is -0.285. The summed E-state index contributed by atoms with van der Waals surface area (Å²) in [5, 5.41) is 18.8. The Labute approximate surface area is 116 Å². The van der Waals surface area contributed by atoms with Gasteiger partial charge < -0.3 is 20.9 Å². The molecular formula is C11H19N5O4. The van der Waals surface area contributed by atoms with Crippen LogP contribution in [0.3, 0.4) is 0 Å². The van der Waals surface area contributed by atoms with E-state index >= 15 is 0 Å². The van der Waals surface area contributed by atoms with Gasteiger partial charge in [-0.15, -0.1) is 5.10 Å². The molecule has 9 nitrogen and oxygen atoms in total. The van der Waals surface area contributed by atoms with E-state index in [4.69, 9.17) is 15.6 Å². The molecule has 0 fully saturated rings. The number of hydrogen-bond donors (Lipinski definition) is 3. The summed E-state index contributed by atoms with van der Waals surface area (Å²) >= 11 is 0. The number of carbonyl (C=O) groups is 2. The Kier molecular flexibility index (Phi) is 5.03. The minimum Gasteiger partial charge on any atom is -0.480 e. The Balaban J connectivity index is 2.71. The molecule has 0 aliphatic heterocycles. The molecule has 0 unspecified atom stereocenters. The number of carboxylic acid groups (broad SMARTS) is 1. The topological polar surface area (TPSA) is 132 Å². The number of nitrogens with two attached hydrogens (primary N) is 1. The second-order valence-electron chi connectivity index (χ2n) is 5.15. The molecule has 0 spiro atoms. The molecule has 1 amide bonds. The molecule has 1 aromatic heterocycles. The SMILES string of the molecule is CC(C)(C)OC(=O)N[C@@H](Cn1nncc1CN)C(=O)O. The van der Waals surface area contributed by atoms with Crippen molar-refractivity contribution < 1.29 is 19.4 Å². The monoisotopic (exact) mass is 285 g/mol. The van der Waals surface area contributed by atoms with Crippen molar-refractivity contribution >= 4 is 12.1 Å². The van der Waals surface area contributed by atoms with E-state index in [2.05, 4.69) is 15.6 Å². The Bertz CT molecular complexity index is 479. The van der Waals surface area contributed by atoms with Crippen molar-refractivity contribution in [2.24, 2.45) is 5.73 Å². The summed E-state index contributed by atoms with van der Waals surface area (Å²) in [6.07, 6.45) is 0.631. The number of ether oxygens (including phenoxy) is 1. The number of aliphatic carboxylic acids is 1. The van der Waals surface area contributed by atoms with Gasteiger partial charge in [0.25, 0.3) is 0 Å². The van der Waals surface area contributed by atoms with E-state index in [1.807, 2.05) is 0 Å². The van der Waals surface area contributed by atoms with Gasteiger partial charge in [0.15, 0.2) is 0 Å². The third-order valence-electron chi connectivity index (χ3n) is 2.25. The fraction of sp³-hybridized carbons (Fsp3) is 0.636. The summed E-state index contributed by atoms with van der Waals surface area (Å²) < 4.78 is 6.34. The van der Waals surface area contributed by atoms with E-state index < -0.39 is 23.7 Å². The highest BCUT2D eigenvalue weighted by atomic mass is 16.6. The molecular weight excluding hydrogens is 266 g/mol. The van der Waals surface area contributed by atoms with Crippen molar-refractivity contribution in [3.05, 3.63) is 11.9 Å².